The summed E-state index contributed by atoms with van der Waals surface area (Å²) in [6, 6.07) is 7.30. The zero-order chi connectivity index (χ0) is 15.8. The third kappa shape index (κ3) is 5.09. The minimum absolute atomic E-state index is 0.326. The second-order valence-electron chi connectivity index (χ2n) is 4.92. The monoisotopic (exact) mass is 298 g/mol. The number of aldehydes is 1. The van der Waals surface area contributed by atoms with Crippen LogP contribution in [0.15, 0.2) is 24.3 Å². The molecule has 0 aliphatic carbocycles. The van der Waals surface area contributed by atoms with E-state index in [2.05, 4.69) is 0 Å². The Morgan fingerprint density at radius 1 is 1.14 bits per heavy atom. The second-order valence-corrected chi connectivity index (χ2v) is 4.92. The van der Waals surface area contributed by atoms with Crippen LogP contribution < -0.4 is 4.74 Å². The van der Waals surface area contributed by atoms with Gasteiger partial charge in [0.25, 0.3) is 0 Å². The van der Waals surface area contributed by atoms with Crippen LogP contribution in [0.2, 0.25) is 0 Å². The first-order valence-corrected chi connectivity index (χ1v) is 6.76. The van der Waals surface area contributed by atoms with E-state index in [4.69, 9.17) is 9.84 Å². The average molecular weight is 298 g/mol. The highest BCUT2D eigenvalue weighted by atomic mass is 16.5. The summed E-state index contributed by atoms with van der Waals surface area (Å²) in [6.07, 6.45) is -3.02. The fourth-order valence-corrected chi connectivity index (χ4v) is 2.03. The first kappa shape index (κ1) is 17.6. The van der Waals surface area contributed by atoms with Gasteiger partial charge in [-0.1, -0.05) is 12.1 Å². The molecule has 0 saturated carbocycles. The molecule has 118 valence electrons. The van der Waals surface area contributed by atoms with Gasteiger partial charge in [0.05, 0.1) is 19.8 Å². The summed E-state index contributed by atoms with van der Waals surface area (Å²) in [5.74, 6) is -0.0875. The summed E-state index contributed by atoms with van der Waals surface area (Å²) in [5, 5.41) is 37.5. The Balaban J connectivity index is 2.58. The summed E-state index contributed by atoms with van der Waals surface area (Å²) in [4.78, 5) is 11.0. The van der Waals surface area contributed by atoms with Crippen molar-refractivity contribution in [1.82, 2.24) is 0 Å². The number of ether oxygens (including phenoxy) is 1. The number of aliphatic hydroxyl groups excluding tert-OH is 4. The SMILES string of the molecule is COc1ccc(CC[C@H](C=O)[C@@H](O)[C@H](O)[C@H](O)CO)cc1. The molecule has 1 rings (SSSR count). The number of methoxy groups -OCH3 is 1. The van der Waals surface area contributed by atoms with Crippen molar-refractivity contribution in [2.75, 3.05) is 13.7 Å². The Labute approximate surface area is 123 Å². The molecule has 1 aromatic carbocycles. The van der Waals surface area contributed by atoms with Crippen LogP contribution in [0.5, 0.6) is 5.75 Å². The van der Waals surface area contributed by atoms with Crippen LogP contribution >= 0.6 is 0 Å². The molecule has 0 aliphatic heterocycles. The van der Waals surface area contributed by atoms with Crippen LogP contribution in [-0.2, 0) is 11.2 Å². The predicted molar refractivity (Wildman–Crippen MR) is 76.0 cm³/mol. The number of carbonyl (C=O) groups is 1. The predicted octanol–water partition coefficient (Wildman–Crippen LogP) is -0.482. The number of carbonyl (C=O) groups excluding carboxylic acids is 1. The highest BCUT2D eigenvalue weighted by Crippen LogP contribution is 2.18. The lowest BCUT2D eigenvalue weighted by molar-refractivity contribution is -0.125. The Kier molecular flexibility index (Phi) is 7.31. The van der Waals surface area contributed by atoms with Crippen LogP contribution in [0.25, 0.3) is 0 Å². The number of rotatable bonds is 9. The van der Waals surface area contributed by atoms with Crippen LogP contribution in [-0.4, -0.2) is 58.7 Å². The van der Waals surface area contributed by atoms with Crippen LogP contribution in [0, 0.1) is 5.92 Å². The Hall–Kier alpha value is -1.47. The van der Waals surface area contributed by atoms with Crippen molar-refractivity contribution in [2.45, 2.75) is 31.2 Å². The number of hydrogen-bond donors (Lipinski definition) is 4. The molecule has 0 unspecified atom stereocenters. The van der Waals surface area contributed by atoms with Crippen molar-refractivity contribution in [1.29, 1.82) is 0 Å². The van der Waals surface area contributed by atoms with Gasteiger partial charge in [-0.3, -0.25) is 0 Å². The number of benzene rings is 1. The zero-order valence-corrected chi connectivity index (χ0v) is 11.9. The van der Waals surface area contributed by atoms with E-state index in [1.54, 1.807) is 19.2 Å². The van der Waals surface area contributed by atoms with E-state index in [1.807, 2.05) is 12.1 Å². The van der Waals surface area contributed by atoms with Crippen LogP contribution in [0.3, 0.4) is 0 Å². The fourth-order valence-electron chi connectivity index (χ4n) is 2.03. The van der Waals surface area contributed by atoms with Crippen LogP contribution in [0.1, 0.15) is 12.0 Å². The van der Waals surface area contributed by atoms with Gasteiger partial charge in [-0.2, -0.15) is 0 Å². The van der Waals surface area contributed by atoms with Crippen molar-refractivity contribution >= 4 is 6.29 Å². The number of hydrogen-bond acceptors (Lipinski definition) is 6. The fraction of sp³-hybridized carbons (Fsp3) is 0.533. The van der Waals surface area contributed by atoms with Gasteiger partial charge in [0.1, 0.15) is 24.2 Å². The molecule has 0 saturated heterocycles. The lowest BCUT2D eigenvalue weighted by atomic mass is 9.90. The van der Waals surface area contributed by atoms with E-state index in [0.29, 0.717) is 19.1 Å². The quantitative estimate of drug-likeness (QED) is 0.459. The number of aliphatic hydroxyl groups is 4. The molecule has 21 heavy (non-hydrogen) atoms. The molecule has 6 nitrogen and oxygen atoms in total. The van der Waals surface area contributed by atoms with Crippen molar-refractivity contribution in [2.24, 2.45) is 5.92 Å². The molecule has 0 aromatic heterocycles. The summed E-state index contributed by atoms with van der Waals surface area (Å²) in [7, 11) is 1.57. The third-order valence-electron chi connectivity index (χ3n) is 3.47. The molecular weight excluding hydrogens is 276 g/mol. The van der Waals surface area contributed by atoms with E-state index in [9.17, 15) is 20.1 Å². The van der Waals surface area contributed by atoms with Gasteiger partial charge in [-0.15, -0.1) is 0 Å². The molecule has 0 bridgehead atoms. The summed E-state index contributed by atoms with van der Waals surface area (Å²) in [5.41, 5.74) is 0.965. The Morgan fingerprint density at radius 3 is 2.24 bits per heavy atom. The third-order valence-corrected chi connectivity index (χ3v) is 3.47. The smallest absolute Gasteiger partial charge is 0.125 e. The largest absolute Gasteiger partial charge is 0.497 e. The Morgan fingerprint density at radius 2 is 1.76 bits per heavy atom. The second kappa shape index (κ2) is 8.74. The molecule has 0 aliphatic rings. The topological polar surface area (TPSA) is 107 Å². The first-order valence-electron chi connectivity index (χ1n) is 6.76. The normalized spacial score (nSPS) is 16.8. The number of aryl methyl sites for hydroxylation is 1. The van der Waals surface area contributed by atoms with Gasteiger partial charge in [-0.05, 0) is 30.5 Å². The average Bonchev–Trinajstić information content (AvgIpc) is 2.54. The first-order chi connectivity index (χ1) is 10.0. The van der Waals surface area contributed by atoms with Crippen molar-refractivity contribution in [3.63, 3.8) is 0 Å². The van der Waals surface area contributed by atoms with E-state index in [0.717, 1.165) is 11.3 Å². The lowest BCUT2D eigenvalue weighted by Crippen LogP contribution is -2.44. The minimum Gasteiger partial charge on any atom is -0.497 e. The molecule has 1 aromatic rings. The molecular formula is C15H22O6. The standard InChI is InChI=1S/C15H22O6/c1-21-12-6-3-10(4-7-12)2-5-11(8-16)14(19)15(20)13(18)9-17/h3-4,6-8,11,13-15,17-20H,2,5,9H2,1H3/t11-,13-,14-,15-/m1/s1. The molecule has 0 radical (unpaired) electrons. The molecule has 4 N–H and O–H groups in total. The summed E-state index contributed by atoms with van der Waals surface area (Å²) in [6.45, 7) is -0.678. The van der Waals surface area contributed by atoms with E-state index in [-0.39, 0.29) is 0 Å². The van der Waals surface area contributed by atoms with Crippen molar-refractivity contribution < 1.29 is 30.0 Å². The van der Waals surface area contributed by atoms with Gasteiger partial charge >= 0.3 is 0 Å². The lowest BCUT2D eigenvalue weighted by Gasteiger charge is -2.25. The van der Waals surface area contributed by atoms with E-state index < -0.39 is 30.8 Å². The van der Waals surface area contributed by atoms with Crippen molar-refractivity contribution in [3.8, 4) is 5.75 Å². The Bertz CT molecular complexity index is 419. The van der Waals surface area contributed by atoms with E-state index in [1.165, 1.54) is 0 Å². The maximum Gasteiger partial charge on any atom is 0.125 e. The summed E-state index contributed by atoms with van der Waals surface area (Å²) < 4.78 is 5.04. The summed E-state index contributed by atoms with van der Waals surface area (Å²) >= 11 is 0. The molecule has 0 fully saturated rings. The van der Waals surface area contributed by atoms with Crippen LogP contribution in [0.4, 0.5) is 0 Å². The van der Waals surface area contributed by atoms with Gasteiger partial charge in [0, 0.05) is 5.92 Å². The van der Waals surface area contributed by atoms with E-state index >= 15 is 0 Å². The van der Waals surface area contributed by atoms with Gasteiger partial charge in [0.2, 0.25) is 0 Å². The highest BCUT2D eigenvalue weighted by Gasteiger charge is 2.30. The van der Waals surface area contributed by atoms with Crippen molar-refractivity contribution in [3.05, 3.63) is 29.8 Å². The zero-order valence-electron chi connectivity index (χ0n) is 11.9. The molecule has 6 heteroatoms. The highest BCUT2D eigenvalue weighted by molar-refractivity contribution is 5.54. The maximum absolute atomic E-state index is 11.0. The molecule has 4 atom stereocenters. The van der Waals surface area contributed by atoms with Gasteiger partial charge in [-0.25, -0.2) is 0 Å². The van der Waals surface area contributed by atoms with Gasteiger partial charge < -0.3 is 30.0 Å². The minimum atomic E-state index is -1.55. The van der Waals surface area contributed by atoms with Gasteiger partial charge in [0.15, 0.2) is 0 Å². The maximum atomic E-state index is 11.0. The molecule has 0 spiro atoms. The molecule has 0 heterocycles. The molecule has 0 amide bonds.